The van der Waals surface area contributed by atoms with Crippen LogP contribution < -0.4 is 11.1 Å². The molecule has 0 amide bonds. The molecule has 1 aliphatic carbocycles. The molecule has 3 rings (SSSR count). The number of nitrogens with one attached hydrogen (secondary N) is 1. The summed E-state index contributed by atoms with van der Waals surface area (Å²) in [6.07, 6.45) is 4.39. The Morgan fingerprint density at radius 3 is 2.72 bits per heavy atom. The number of ether oxygens (including phenoxy) is 1. The highest BCUT2D eigenvalue weighted by Gasteiger charge is 2.14. The molecule has 4 nitrogen and oxygen atoms in total. The Labute approximate surface area is 147 Å². The van der Waals surface area contributed by atoms with E-state index >= 15 is 0 Å². The van der Waals surface area contributed by atoms with Gasteiger partial charge in [0, 0.05) is 12.8 Å². The zero-order valence-electron chi connectivity index (χ0n) is 14.5. The highest BCUT2D eigenvalue weighted by molar-refractivity contribution is 5.93. The summed E-state index contributed by atoms with van der Waals surface area (Å²) in [6.45, 7) is 0.371. The summed E-state index contributed by atoms with van der Waals surface area (Å²) in [6, 6.07) is 12.5. The quantitative estimate of drug-likeness (QED) is 0.642. The van der Waals surface area contributed by atoms with Crippen molar-refractivity contribution in [3.05, 3.63) is 65.0 Å². The fourth-order valence-corrected chi connectivity index (χ4v) is 3.25. The number of nitrogens with zero attached hydrogens (tertiary/aromatic N) is 1. The van der Waals surface area contributed by atoms with E-state index in [2.05, 4.69) is 22.4 Å². The van der Waals surface area contributed by atoms with Crippen molar-refractivity contribution < 1.29 is 9.13 Å². The maximum absolute atomic E-state index is 13.0. The lowest BCUT2D eigenvalue weighted by Gasteiger charge is -2.20. The Morgan fingerprint density at radius 2 is 1.96 bits per heavy atom. The highest BCUT2D eigenvalue weighted by atomic mass is 19.1. The van der Waals surface area contributed by atoms with Gasteiger partial charge in [-0.05, 0) is 60.6 Å². The number of fused-ring (bicyclic) bond motifs is 1. The molecular formula is C20H24FN3O. The number of halogens is 1. The van der Waals surface area contributed by atoms with Crippen molar-refractivity contribution in [1.29, 1.82) is 0 Å². The molecule has 0 aromatic heterocycles. The second kappa shape index (κ2) is 8.12. The molecule has 3 N–H and O–H groups in total. The van der Waals surface area contributed by atoms with E-state index in [9.17, 15) is 4.39 Å². The van der Waals surface area contributed by atoms with Crippen LogP contribution in [0.2, 0.25) is 0 Å². The Balaban J connectivity index is 1.68. The zero-order chi connectivity index (χ0) is 17.6. The minimum absolute atomic E-state index is 0.259. The molecule has 25 heavy (non-hydrogen) atoms. The van der Waals surface area contributed by atoms with E-state index in [1.165, 1.54) is 36.1 Å². The van der Waals surface area contributed by atoms with Gasteiger partial charge in [0.2, 0.25) is 0 Å². The van der Waals surface area contributed by atoms with Gasteiger partial charge in [-0.25, -0.2) is 4.39 Å². The van der Waals surface area contributed by atoms with Gasteiger partial charge >= 0.3 is 0 Å². The lowest BCUT2D eigenvalue weighted by molar-refractivity contribution is 0.111. The van der Waals surface area contributed by atoms with Crippen LogP contribution in [0, 0.1) is 5.82 Å². The first kappa shape index (κ1) is 17.4. The number of rotatable bonds is 5. The van der Waals surface area contributed by atoms with Crippen molar-refractivity contribution in [2.45, 2.75) is 31.8 Å². The number of hydrogen-bond acceptors (Lipinski definition) is 2. The van der Waals surface area contributed by atoms with Crippen LogP contribution in [0.4, 0.5) is 10.1 Å². The Kier molecular flexibility index (Phi) is 5.66. The number of benzene rings is 2. The average molecular weight is 341 g/mol. The maximum atomic E-state index is 13.0. The maximum Gasteiger partial charge on any atom is 0.193 e. The molecule has 0 heterocycles. The number of aryl methyl sites for hydroxylation is 1. The van der Waals surface area contributed by atoms with Gasteiger partial charge < -0.3 is 15.8 Å². The van der Waals surface area contributed by atoms with E-state index < -0.39 is 0 Å². The third-order valence-electron chi connectivity index (χ3n) is 4.61. The predicted molar refractivity (Wildman–Crippen MR) is 99.3 cm³/mol. The van der Waals surface area contributed by atoms with Crippen LogP contribution in [0.1, 0.15) is 35.6 Å². The second-order valence-corrected chi connectivity index (χ2v) is 6.28. The van der Waals surface area contributed by atoms with Gasteiger partial charge in [-0.1, -0.05) is 24.3 Å². The first-order chi connectivity index (χ1) is 12.2. The molecule has 0 aliphatic heterocycles. The molecule has 1 unspecified atom stereocenters. The predicted octanol–water partition coefficient (Wildman–Crippen LogP) is 3.82. The Morgan fingerprint density at radius 1 is 1.20 bits per heavy atom. The number of methoxy groups -OCH3 is 1. The van der Waals surface area contributed by atoms with Crippen LogP contribution in [0.3, 0.4) is 0 Å². The Hall–Kier alpha value is -2.40. The van der Waals surface area contributed by atoms with E-state index in [1.807, 2.05) is 6.07 Å². The van der Waals surface area contributed by atoms with Crippen molar-refractivity contribution in [2.24, 2.45) is 10.7 Å². The number of hydrogen-bond donors (Lipinski definition) is 2. The molecular weight excluding hydrogens is 317 g/mol. The summed E-state index contributed by atoms with van der Waals surface area (Å²) < 4.78 is 18.5. The van der Waals surface area contributed by atoms with Gasteiger partial charge in [-0.15, -0.1) is 0 Å². The largest absolute Gasteiger partial charge is 0.375 e. The van der Waals surface area contributed by atoms with Crippen LogP contribution >= 0.6 is 0 Å². The fraction of sp³-hybridized carbons (Fsp3) is 0.350. The van der Waals surface area contributed by atoms with Crippen LogP contribution in [0.15, 0.2) is 47.5 Å². The molecule has 1 atom stereocenters. The van der Waals surface area contributed by atoms with Crippen molar-refractivity contribution in [2.75, 3.05) is 19.0 Å². The number of nitrogens with two attached hydrogens (primary N) is 1. The highest BCUT2D eigenvalue weighted by Crippen LogP contribution is 2.27. The second-order valence-electron chi connectivity index (χ2n) is 6.28. The van der Waals surface area contributed by atoms with Gasteiger partial charge in [0.25, 0.3) is 0 Å². The molecule has 2 aromatic rings. The monoisotopic (exact) mass is 341 g/mol. The van der Waals surface area contributed by atoms with E-state index in [-0.39, 0.29) is 11.9 Å². The third kappa shape index (κ3) is 4.37. The summed E-state index contributed by atoms with van der Waals surface area (Å²) in [7, 11) is 1.61. The van der Waals surface area contributed by atoms with Gasteiger partial charge in [0.1, 0.15) is 11.9 Å². The van der Waals surface area contributed by atoms with Crippen molar-refractivity contribution in [3.8, 4) is 0 Å². The number of anilines is 1. The van der Waals surface area contributed by atoms with E-state index in [0.717, 1.165) is 24.1 Å². The molecule has 1 aliphatic rings. The minimum Gasteiger partial charge on any atom is -0.375 e. The smallest absolute Gasteiger partial charge is 0.193 e. The summed E-state index contributed by atoms with van der Waals surface area (Å²) in [5.41, 5.74) is 10.7. The van der Waals surface area contributed by atoms with E-state index in [0.29, 0.717) is 12.5 Å². The van der Waals surface area contributed by atoms with Crippen LogP contribution in [0.5, 0.6) is 0 Å². The summed E-state index contributed by atoms with van der Waals surface area (Å²) >= 11 is 0. The molecule has 0 saturated heterocycles. The molecule has 0 fully saturated rings. The fourth-order valence-electron chi connectivity index (χ4n) is 3.25. The van der Waals surface area contributed by atoms with Crippen molar-refractivity contribution in [3.63, 3.8) is 0 Å². The Bertz CT molecular complexity index is 743. The van der Waals surface area contributed by atoms with E-state index in [1.54, 1.807) is 19.2 Å². The molecule has 5 heteroatoms. The average Bonchev–Trinajstić information content (AvgIpc) is 2.64. The minimum atomic E-state index is -0.267. The normalized spacial score (nSPS) is 15.5. The van der Waals surface area contributed by atoms with Crippen molar-refractivity contribution in [1.82, 2.24) is 0 Å². The topological polar surface area (TPSA) is 59.6 Å². The first-order valence-corrected chi connectivity index (χ1v) is 8.63. The van der Waals surface area contributed by atoms with Crippen LogP contribution in [0.25, 0.3) is 0 Å². The molecule has 132 valence electrons. The molecule has 0 spiro atoms. The third-order valence-corrected chi connectivity index (χ3v) is 4.61. The lowest BCUT2D eigenvalue weighted by Crippen LogP contribution is -2.25. The first-order valence-electron chi connectivity index (χ1n) is 8.63. The number of guanidine groups is 1. The molecule has 0 bridgehead atoms. The molecule has 0 saturated carbocycles. The van der Waals surface area contributed by atoms with Gasteiger partial charge in [0.15, 0.2) is 5.96 Å². The number of aliphatic imine (C=N–C) groups is 1. The zero-order valence-corrected chi connectivity index (χ0v) is 14.5. The van der Waals surface area contributed by atoms with Crippen molar-refractivity contribution >= 4 is 11.6 Å². The van der Waals surface area contributed by atoms with Gasteiger partial charge in [-0.2, -0.15) is 0 Å². The van der Waals surface area contributed by atoms with Crippen LogP contribution in [-0.2, 0) is 17.6 Å². The van der Waals surface area contributed by atoms with Crippen LogP contribution in [-0.4, -0.2) is 19.6 Å². The summed E-state index contributed by atoms with van der Waals surface area (Å²) in [5.74, 6) is 0.0975. The summed E-state index contributed by atoms with van der Waals surface area (Å²) in [4.78, 5) is 4.40. The lowest BCUT2D eigenvalue weighted by atomic mass is 9.90. The van der Waals surface area contributed by atoms with Gasteiger partial charge in [0.05, 0.1) is 6.54 Å². The van der Waals surface area contributed by atoms with Gasteiger partial charge in [-0.3, -0.25) is 4.99 Å². The summed E-state index contributed by atoms with van der Waals surface area (Å²) in [5, 5.41) is 3.22. The molecule has 2 aromatic carbocycles. The SMILES string of the molecule is COC(CN=C(N)Nc1cccc2c1CCCC2)c1ccc(F)cc1. The molecule has 0 radical (unpaired) electrons. The standard InChI is InChI=1S/C20H24FN3O/c1-25-19(15-9-11-16(21)12-10-15)13-23-20(22)24-18-8-4-6-14-5-2-3-7-17(14)18/h4,6,8-12,19H,2-3,5,7,13H2,1H3,(H3,22,23,24). The van der Waals surface area contributed by atoms with E-state index in [4.69, 9.17) is 10.5 Å².